The van der Waals surface area contributed by atoms with Crippen LogP contribution in [0, 0.1) is 13.8 Å². The lowest BCUT2D eigenvalue weighted by Crippen LogP contribution is -2.20. The fourth-order valence-electron chi connectivity index (χ4n) is 2.17. The van der Waals surface area contributed by atoms with E-state index in [4.69, 9.17) is 4.74 Å². The van der Waals surface area contributed by atoms with Crippen LogP contribution in [0.25, 0.3) is 0 Å². The molecular weight excluding hydrogens is 274 g/mol. The Bertz CT molecular complexity index is 662. The largest absolute Gasteiger partial charge is 0.483 e. The van der Waals surface area contributed by atoms with Crippen molar-refractivity contribution in [3.63, 3.8) is 0 Å². The molecule has 0 saturated heterocycles. The molecule has 3 nitrogen and oxygen atoms in total. The maximum absolute atomic E-state index is 12.0. The van der Waals surface area contributed by atoms with Crippen molar-refractivity contribution >= 4 is 11.6 Å². The highest BCUT2D eigenvalue weighted by Crippen LogP contribution is 2.24. The SMILES string of the molecule is Cc1ccccc1NC(=O)COc1cc(C(C)C)ccc1C. The van der Waals surface area contributed by atoms with Gasteiger partial charge in [-0.05, 0) is 48.6 Å². The average Bonchev–Trinajstić information content (AvgIpc) is 2.48. The molecule has 0 bridgehead atoms. The Morgan fingerprint density at radius 2 is 1.82 bits per heavy atom. The predicted molar refractivity (Wildman–Crippen MR) is 90.6 cm³/mol. The molecule has 0 unspecified atom stereocenters. The van der Waals surface area contributed by atoms with Crippen LogP contribution >= 0.6 is 0 Å². The zero-order valence-electron chi connectivity index (χ0n) is 13.6. The summed E-state index contributed by atoms with van der Waals surface area (Å²) >= 11 is 0. The van der Waals surface area contributed by atoms with Crippen molar-refractivity contribution in [1.82, 2.24) is 0 Å². The third kappa shape index (κ3) is 4.10. The number of amides is 1. The van der Waals surface area contributed by atoms with Gasteiger partial charge in [-0.15, -0.1) is 0 Å². The summed E-state index contributed by atoms with van der Waals surface area (Å²) in [6.45, 7) is 8.24. The fourth-order valence-corrected chi connectivity index (χ4v) is 2.17. The van der Waals surface area contributed by atoms with Crippen molar-refractivity contribution < 1.29 is 9.53 Å². The molecule has 0 aliphatic carbocycles. The van der Waals surface area contributed by atoms with Gasteiger partial charge >= 0.3 is 0 Å². The molecule has 0 fully saturated rings. The van der Waals surface area contributed by atoms with Gasteiger partial charge in [-0.3, -0.25) is 4.79 Å². The van der Waals surface area contributed by atoms with Crippen molar-refractivity contribution in [2.75, 3.05) is 11.9 Å². The van der Waals surface area contributed by atoms with E-state index in [1.165, 1.54) is 5.56 Å². The molecule has 0 aromatic heterocycles. The number of aryl methyl sites for hydroxylation is 2. The number of rotatable bonds is 5. The molecule has 116 valence electrons. The van der Waals surface area contributed by atoms with Gasteiger partial charge in [0, 0.05) is 5.69 Å². The Morgan fingerprint density at radius 3 is 2.50 bits per heavy atom. The number of carbonyl (C=O) groups is 1. The van der Waals surface area contributed by atoms with Gasteiger partial charge in [-0.25, -0.2) is 0 Å². The Hall–Kier alpha value is -2.29. The van der Waals surface area contributed by atoms with Gasteiger partial charge < -0.3 is 10.1 Å². The Kier molecular flexibility index (Phi) is 5.21. The molecular formula is C19H23NO2. The van der Waals surface area contributed by atoms with Gasteiger partial charge in [-0.1, -0.05) is 44.2 Å². The number of nitrogens with one attached hydrogen (secondary N) is 1. The first-order valence-corrected chi connectivity index (χ1v) is 7.56. The van der Waals surface area contributed by atoms with Gasteiger partial charge in [0.1, 0.15) is 5.75 Å². The standard InChI is InChI=1S/C19H23NO2/c1-13(2)16-10-9-15(4)18(11-16)22-12-19(21)20-17-8-6-5-7-14(17)3/h5-11,13H,12H2,1-4H3,(H,20,21). The van der Waals surface area contributed by atoms with Crippen LogP contribution < -0.4 is 10.1 Å². The van der Waals surface area contributed by atoms with Gasteiger partial charge in [0.2, 0.25) is 0 Å². The minimum Gasteiger partial charge on any atom is -0.483 e. The Labute approximate surface area is 132 Å². The van der Waals surface area contributed by atoms with Crippen LogP contribution in [-0.2, 0) is 4.79 Å². The normalized spacial score (nSPS) is 10.6. The van der Waals surface area contributed by atoms with E-state index in [2.05, 4.69) is 25.2 Å². The number of carbonyl (C=O) groups excluding carboxylic acids is 1. The zero-order valence-corrected chi connectivity index (χ0v) is 13.6. The molecule has 0 spiro atoms. The molecule has 0 radical (unpaired) electrons. The molecule has 0 heterocycles. The van der Waals surface area contributed by atoms with E-state index in [0.717, 1.165) is 22.6 Å². The number of hydrogen-bond acceptors (Lipinski definition) is 2. The lowest BCUT2D eigenvalue weighted by Gasteiger charge is -2.13. The van der Waals surface area contributed by atoms with E-state index < -0.39 is 0 Å². The quantitative estimate of drug-likeness (QED) is 0.885. The summed E-state index contributed by atoms with van der Waals surface area (Å²) in [6, 6.07) is 13.8. The molecule has 2 aromatic carbocycles. The molecule has 1 N–H and O–H groups in total. The first kappa shape index (κ1) is 16.1. The molecule has 0 saturated carbocycles. The van der Waals surface area contributed by atoms with E-state index in [9.17, 15) is 4.79 Å². The van der Waals surface area contributed by atoms with Crippen LogP contribution in [0.3, 0.4) is 0 Å². The maximum atomic E-state index is 12.0. The predicted octanol–water partition coefficient (Wildman–Crippen LogP) is 4.44. The topological polar surface area (TPSA) is 38.3 Å². The monoisotopic (exact) mass is 297 g/mol. The summed E-state index contributed by atoms with van der Waals surface area (Å²) in [5, 5.41) is 2.87. The molecule has 1 amide bonds. The lowest BCUT2D eigenvalue weighted by molar-refractivity contribution is -0.118. The molecule has 2 rings (SSSR count). The minimum absolute atomic E-state index is 0.0106. The van der Waals surface area contributed by atoms with Crippen LogP contribution in [0.5, 0.6) is 5.75 Å². The Morgan fingerprint density at radius 1 is 1.09 bits per heavy atom. The number of benzene rings is 2. The van der Waals surface area contributed by atoms with Crippen molar-refractivity contribution in [2.24, 2.45) is 0 Å². The third-order valence-electron chi connectivity index (χ3n) is 3.66. The van der Waals surface area contributed by atoms with Crippen molar-refractivity contribution in [3.8, 4) is 5.75 Å². The van der Waals surface area contributed by atoms with Crippen LogP contribution in [-0.4, -0.2) is 12.5 Å². The van der Waals surface area contributed by atoms with Crippen molar-refractivity contribution in [2.45, 2.75) is 33.6 Å². The van der Waals surface area contributed by atoms with Gasteiger partial charge in [0.25, 0.3) is 5.91 Å². The second-order valence-electron chi connectivity index (χ2n) is 5.83. The summed E-state index contributed by atoms with van der Waals surface area (Å²) in [5.41, 5.74) is 4.10. The first-order valence-electron chi connectivity index (χ1n) is 7.56. The number of anilines is 1. The molecule has 2 aromatic rings. The number of para-hydroxylation sites is 1. The summed E-state index contributed by atoms with van der Waals surface area (Å²) in [5.74, 6) is 1.05. The summed E-state index contributed by atoms with van der Waals surface area (Å²) in [7, 11) is 0. The minimum atomic E-state index is -0.149. The van der Waals surface area contributed by atoms with E-state index in [0.29, 0.717) is 5.92 Å². The smallest absolute Gasteiger partial charge is 0.262 e. The highest BCUT2D eigenvalue weighted by Gasteiger charge is 2.08. The van der Waals surface area contributed by atoms with E-state index in [1.807, 2.05) is 50.2 Å². The fraction of sp³-hybridized carbons (Fsp3) is 0.316. The maximum Gasteiger partial charge on any atom is 0.262 e. The summed E-state index contributed by atoms with van der Waals surface area (Å²) in [6.07, 6.45) is 0. The van der Waals surface area contributed by atoms with Gasteiger partial charge in [-0.2, -0.15) is 0 Å². The van der Waals surface area contributed by atoms with E-state index in [-0.39, 0.29) is 12.5 Å². The highest BCUT2D eigenvalue weighted by molar-refractivity contribution is 5.92. The molecule has 0 aliphatic rings. The molecule has 3 heteroatoms. The molecule has 0 aliphatic heterocycles. The Balaban J connectivity index is 1.99. The van der Waals surface area contributed by atoms with Crippen LogP contribution in [0.4, 0.5) is 5.69 Å². The number of hydrogen-bond donors (Lipinski definition) is 1. The molecule has 22 heavy (non-hydrogen) atoms. The molecule has 0 atom stereocenters. The van der Waals surface area contributed by atoms with Crippen LogP contribution in [0.15, 0.2) is 42.5 Å². The highest BCUT2D eigenvalue weighted by atomic mass is 16.5. The van der Waals surface area contributed by atoms with E-state index in [1.54, 1.807) is 0 Å². The van der Waals surface area contributed by atoms with Gasteiger partial charge in [0.05, 0.1) is 0 Å². The van der Waals surface area contributed by atoms with E-state index >= 15 is 0 Å². The second-order valence-corrected chi connectivity index (χ2v) is 5.83. The lowest BCUT2D eigenvalue weighted by atomic mass is 10.0. The number of ether oxygens (including phenoxy) is 1. The second kappa shape index (κ2) is 7.12. The van der Waals surface area contributed by atoms with Gasteiger partial charge in [0.15, 0.2) is 6.61 Å². The summed E-state index contributed by atoms with van der Waals surface area (Å²) in [4.78, 5) is 12.0. The van der Waals surface area contributed by atoms with Crippen LogP contribution in [0.2, 0.25) is 0 Å². The zero-order chi connectivity index (χ0) is 16.1. The average molecular weight is 297 g/mol. The summed E-state index contributed by atoms with van der Waals surface area (Å²) < 4.78 is 5.69. The van der Waals surface area contributed by atoms with Crippen molar-refractivity contribution in [1.29, 1.82) is 0 Å². The van der Waals surface area contributed by atoms with Crippen molar-refractivity contribution in [3.05, 3.63) is 59.2 Å². The third-order valence-corrected chi connectivity index (χ3v) is 3.66. The van der Waals surface area contributed by atoms with Crippen LogP contribution in [0.1, 0.15) is 36.5 Å². The first-order chi connectivity index (χ1) is 10.5.